The molecule has 5 nitrogen and oxygen atoms in total. The van der Waals surface area contributed by atoms with Crippen molar-refractivity contribution in [3.05, 3.63) is 42.1 Å². The number of nitrogens with one attached hydrogen (secondary N) is 1. The van der Waals surface area contributed by atoms with E-state index in [1.807, 2.05) is 6.07 Å². The Bertz CT molecular complexity index is 602. The molecule has 1 aromatic carbocycles. The van der Waals surface area contributed by atoms with Crippen molar-refractivity contribution in [3.8, 4) is 0 Å². The fraction of sp³-hybridized carbons (Fsp3) is 0.375. The third-order valence-electron chi connectivity index (χ3n) is 3.61. The largest absolute Gasteiger partial charge is 0.383 e. The molecule has 3 rings (SSSR count). The molecule has 0 saturated heterocycles. The summed E-state index contributed by atoms with van der Waals surface area (Å²) in [4.78, 5) is 11.2. The number of aryl methyl sites for hydroxylation is 1. The fourth-order valence-corrected chi connectivity index (χ4v) is 2.60. The van der Waals surface area contributed by atoms with Crippen LogP contribution in [0.3, 0.4) is 0 Å². The second-order valence-corrected chi connectivity index (χ2v) is 5.05. The lowest BCUT2D eigenvalue weighted by Crippen LogP contribution is -2.26. The highest BCUT2D eigenvalue weighted by atomic mass is 16.5. The van der Waals surface area contributed by atoms with Crippen LogP contribution in [0.25, 0.3) is 0 Å². The summed E-state index contributed by atoms with van der Waals surface area (Å²) >= 11 is 0. The SMILES string of the molecule is COCCNc1ccnc(N2CCCc3ccccc32)n1. The second kappa shape index (κ2) is 6.54. The van der Waals surface area contributed by atoms with Gasteiger partial charge >= 0.3 is 0 Å². The Morgan fingerprint density at radius 1 is 1.29 bits per heavy atom. The monoisotopic (exact) mass is 284 g/mol. The molecule has 2 heterocycles. The number of anilines is 3. The van der Waals surface area contributed by atoms with Crippen LogP contribution in [0.4, 0.5) is 17.5 Å². The predicted molar refractivity (Wildman–Crippen MR) is 84.2 cm³/mol. The minimum atomic E-state index is 0.659. The predicted octanol–water partition coefficient (Wildman–Crippen LogP) is 2.62. The van der Waals surface area contributed by atoms with Crippen LogP contribution in [0, 0.1) is 0 Å². The van der Waals surface area contributed by atoms with Crippen LogP contribution in [0.15, 0.2) is 36.5 Å². The maximum absolute atomic E-state index is 5.04. The Morgan fingerprint density at radius 2 is 2.19 bits per heavy atom. The van der Waals surface area contributed by atoms with E-state index in [-0.39, 0.29) is 0 Å². The molecule has 0 radical (unpaired) electrons. The normalized spacial score (nSPS) is 13.9. The molecule has 0 amide bonds. The van der Waals surface area contributed by atoms with Gasteiger partial charge in [-0.15, -0.1) is 0 Å². The Kier molecular flexibility index (Phi) is 4.31. The van der Waals surface area contributed by atoms with Crippen LogP contribution >= 0.6 is 0 Å². The van der Waals surface area contributed by atoms with Crippen molar-refractivity contribution in [2.75, 3.05) is 37.0 Å². The van der Waals surface area contributed by atoms with Crippen LogP contribution in [-0.4, -0.2) is 36.8 Å². The van der Waals surface area contributed by atoms with E-state index in [2.05, 4.69) is 44.5 Å². The molecule has 0 spiro atoms. The number of ether oxygens (including phenoxy) is 1. The average molecular weight is 284 g/mol. The van der Waals surface area contributed by atoms with Crippen molar-refractivity contribution in [1.29, 1.82) is 0 Å². The molecule has 1 aromatic heterocycles. The first-order valence-corrected chi connectivity index (χ1v) is 7.30. The number of rotatable bonds is 5. The average Bonchev–Trinajstić information content (AvgIpc) is 2.55. The van der Waals surface area contributed by atoms with Gasteiger partial charge < -0.3 is 15.0 Å². The summed E-state index contributed by atoms with van der Waals surface area (Å²) in [6.07, 6.45) is 4.05. The molecular weight excluding hydrogens is 264 g/mol. The quantitative estimate of drug-likeness (QED) is 0.855. The maximum atomic E-state index is 5.04. The zero-order valence-electron chi connectivity index (χ0n) is 12.2. The number of para-hydroxylation sites is 1. The van der Waals surface area contributed by atoms with Crippen molar-refractivity contribution in [2.45, 2.75) is 12.8 Å². The summed E-state index contributed by atoms with van der Waals surface area (Å²) in [5.41, 5.74) is 2.59. The highest BCUT2D eigenvalue weighted by Gasteiger charge is 2.19. The van der Waals surface area contributed by atoms with Crippen molar-refractivity contribution < 1.29 is 4.74 Å². The summed E-state index contributed by atoms with van der Waals surface area (Å²) in [7, 11) is 1.69. The number of methoxy groups -OCH3 is 1. The van der Waals surface area contributed by atoms with E-state index < -0.39 is 0 Å². The molecule has 0 atom stereocenters. The lowest BCUT2D eigenvalue weighted by Gasteiger charge is -2.29. The van der Waals surface area contributed by atoms with E-state index in [0.717, 1.165) is 37.7 Å². The van der Waals surface area contributed by atoms with Crippen LogP contribution in [0.5, 0.6) is 0 Å². The number of benzene rings is 1. The molecular formula is C16H20N4O. The Hall–Kier alpha value is -2.14. The first-order chi connectivity index (χ1) is 10.4. The van der Waals surface area contributed by atoms with Gasteiger partial charge in [0.2, 0.25) is 5.95 Å². The summed E-state index contributed by atoms with van der Waals surface area (Å²) in [6.45, 7) is 2.36. The number of aromatic nitrogens is 2. The Balaban J connectivity index is 1.83. The van der Waals surface area contributed by atoms with Crippen LogP contribution in [0.1, 0.15) is 12.0 Å². The van der Waals surface area contributed by atoms with Crippen molar-refractivity contribution in [3.63, 3.8) is 0 Å². The molecule has 0 fully saturated rings. The van der Waals surface area contributed by atoms with E-state index in [4.69, 9.17) is 4.74 Å². The molecule has 1 aliphatic rings. The Labute approximate surface area is 125 Å². The Morgan fingerprint density at radius 3 is 3.10 bits per heavy atom. The maximum Gasteiger partial charge on any atom is 0.231 e. The lowest BCUT2D eigenvalue weighted by atomic mass is 10.0. The van der Waals surface area contributed by atoms with Crippen LogP contribution < -0.4 is 10.2 Å². The van der Waals surface area contributed by atoms with E-state index in [1.54, 1.807) is 13.3 Å². The molecule has 2 aromatic rings. The molecule has 110 valence electrons. The third-order valence-corrected chi connectivity index (χ3v) is 3.61. The van der Waals surface area contributed by atoms with Crippen molar-refractivity contribution >= 4 is 17.5 Å². The van der Waals surface area contributed by atoms with E-state index in [1.165, 1.54) is 11.3 Å². The molecule has 21 heavy (non-hydrogen) atoms. The topological polar surface area (TPSA) is 50.3 Å². The van der Waals surface area contributed by atoms with Gasteiger partial charge in [-0.2, -0.15) is 4.98 Å². The minimum Gasteiger partial charge on any atom is -0.383 e. The van der Waals surface area contributed by atoms with E-state index in [9.17, 15) is 0 Å². The highest BCUT2D eigenvalue weighted by molar-refractivity contribution is 5.64. The van der Waals surface area contributed by atoms with Gasteiger partial charge in [0.05, 0.1) is 6.61 Å². The van der Waals surface area contributed by atoms with Gasteiger partial charge in [-0.05, 0) is 30.5 Å². The third kappa shape index (κ3) is 3.13. The van der Waals surface area contributed by atoms with Gasteiger partial charge in [0.1, 0.15) is 5.82 Å². The first-order valence-electron chi connectivity index (χ1n) is 7.30. The zero-order valence-corrected chi connectivity index (χ0v) is 12.2. The lowest BCUT2D eigenvalue weighted by molar-refractivity contribution is 0.210. The number of fused-ring (bicyclic) bond motifs is 1. The number of hydrogen-bond acceptors (Lipinski definition) is 5. The van der Waals surface area contributed by atoms with Crippen molar-refractivity contribution in [1.82, 2.24) is 9.97 Å². The van der Waals surface area contributed by atoms with E-state index in [0.29, 0.717) is 6.61 Å². The molecule has 1 N–H and O–H groups in total. The standard InChI is InChI=1S/C16H20N4O/c1-21-12-10-17-15-8-9-18-16(19-15)20-11-4-6-13-5-2-3-7-14(13)20/h2-3,5,7-9H,4,6,10-12H2,1H3,(H,17,18,19). The molecule has 5 heteroatoms. The first kappa shape index (κ1) is 13.8. The molecule has 0 saturated carbocycles. The van der Waals surface area contributed by atoms with Gasteiger partial charge in [-0.1, -0.05) is 18.2 Å². The smallest absolute Gasteiger partial charge is 0.231 e. The highest BCUT2D eigenvalue weighted by Crippen LogP contribution is 2.31. The van der Waals surface area contributed by atoms with E-state index >= 15 is 0 Å². The molecule has 0 bridgehead atoms. The number of nitrogens with zero attached hydrogens (tertiary/aromatic N) is 3. The van der Waals surface area contributed by atoms with Gasteiger partial charge in [-0.25, -0.2) is 4.98 Å². The second-order valence-electron chi connectivity index (χ2n) is 5.05. The minimum absolute atomic E-state index is 0.659. The summed E-state index contributed by atoms with van der Waals surface area (Å²) in [5.74, 6) is 1.59. The molecule has 1 aliphatic heterocycles. The van der Waals surface area contributed by atoms with Gasteiger partial charge in [0, 0.05) is 32.1 Å². The van der Waals surface area contributed by atoms with Crippen molar-refractivity contribution in [2.24, 2.45) is 0 Å². The van der Waals surface area contributed by atoms with Crippen LogP contribution in [0.2, 0.25) is 0 Å². The van der Waals surface area contributed by atoms with Gasteiger partial charge in [0.25, 0.3) is 0 Å². The molecule has 0 aliphatic carbocycles. The summed E-state index contributed by atoms with van der Waals surface area (Å²) in [5, 5.41) is 3.25. The summed E-state index contributed by atoms with van der Waals surface area (Å²) < 4.78 is 5.04. The number of hydrogen-bond donors (Lipinski definition) is 1. The summed E-state index contributed by atoms with van der Waals surface area (Å²) in [6, 6.07) is 10.4. The molecule has 0 unspecified atom stereocenters. The van der Waals surface area contributed by atoms with Gasteiger partial charge in [0.15, 0.2) is 0 Å². The van der Waals surface area contributed by atoms with Crippen LogP contribution in [-0.2, 0) is 11.2 Å². The zero-order chi connectivity index (χ0) is 14.5. The fourth-order valence-electron chi connectivity index (χ4n) is 2.60. The van der Waals surface area contributed by atoms with Gasteiger partial charge in [-0.3, -0.25) is 0 Å².